The van der Waals surface area contributed by atoms with E-state index in [1.165, 1.54) is 11.1 Å². The van der Waals surface area contributed by atoms with Gasteiger partial charge in [0.25, 0.3) is 0 Å². The molecule has 2 atom stereocenters. The van der Waals surface area contributed by atoms with E-state index < -0.39 is 12.2 Å². The topological polar surface area (TPSA) is 52.9 Å². The molecule has 2 aliphatic heterocycles. The number of β-amino-alcohol motifs (C(OH)–C–C–N with tert-alkyl or cyclic N) is 1. The Hall–Kier alpha value is -1.88. The zero-order chi connectivity index (χ0) is 19.0. The van der Waals surface area contributed by atoms with Gasteiger partial charge in [-0.1, -0.05) is 30.3 Å². The van der Waals surface area contributed by atoms with Gasteiger partial charge in [0.15, 0.2) is 0 Å². The van der Waals surface area contributed by atoms with Gasteiger partial charge in [0.1, 0.15) is 11.4 Å². The van der Waals surface area contributed by atoms with Gasteiger partial charge in [0, 0.05) is 31.6 Å². The van der Waals surface area contributed by atoms with E-state index in [0.717, 1.165) is 42.8 Å². The second-order valence-electron chi connectivity index (χ2n) is 8.21. The predicted molar refractivity (Wildman–Crippen MR) is 106 cm³/mol. The summed E-state index contributed by atoms with van der Waals surface area (Å²) in [6, 6.07) is 14.0. The van der Waals surface area contributed by atoms with E-state index >= 15 is 0 Å². The van der Waals surface area contributed by atoms with Gasteiger partial charge in [-0.25, -0.2) is 0 Å². The fourth-order valence-electron chi connectivity index (χ4n) is 4.37. The number of aliphatic hydroxyl groups excluding tert-OH is 2. The van der Waals surface area contributed by atoms with Gasteiger partial charge in [0.05, 0.1) is 12.2 Å². The van der Waals surface area contributed by atoms with Gasteiger partial charge in [-0.2, -0.15) is 0 Å². The number of hydrogen-bond donors (Lipinski definition) is 2. The molecule has 2 heterocycles. The maximum Gasteiger partial charge on any atom is 0.126 e. The number of hydrogen-bond acceptors (Lipinski definition) is 4. The van der Waals surface area contributed by atoms with Gasteiger partial charge in [-0.05, 0) is 55.5 Å². The average Bonchev–Trinajstić information content (AvgIpc) is 2.66. The standard InChI is InChI=1S/C23H29NO3/c1-16-12-19-20(25)14-23(27-22(19)13-17(16)2)8-10-24(11-9-23)15-21(26)18-6-4-3-5-7-18/h3-7,12-13,20-21,25-26H,8-11,14-15H2,1-2H3/t20-,21+/m0/s1. The van der Waals surface area contributed by atoms with Gasteiger partial charge in [-0.15, -0.1) is 0 Å². The van der Waals surface area contributed by atoms with Crippen molar-refractivity contribution in [2.45, 2.75) is 50.9 Å². The van der Waals surface area contributed by atoms with E-state index in [0.29, 0.717) is 13.0 Å². The van der Waals surface area contributed by atoms with E-state index in [-0.39, 0.29) is 5.60 Å². The summed E-state index contributed by atoms with van der Waals surface area (Å²) in [5.41, 5.74) is 3.98. The summed E-state index contributed by atoms with van der Waals surface area (Å²) < 4.78 is 6.46. The Morgan fingerprint density at radius 2 is 1.78 bits per heavy atom. The minimum Gasteiger partial charge on any atom is -0.487 e. The molecule has 0 aliphatic carbocycles. The van der Waals surface area contributed by atoms with Gasteiger partial charge >= 0.3 is 0 Å². The van der Waals surface area contributed by atoms with Crippen molar-refractivity contribution in [2.24, 2.45) is 0 Å². The molecule has 2 aromatic carbocycles. The van der Waals surface area contributed by atoms with Crippen molar-refractivity contribution >= 4 is 0 Å². The number of nitrogens with zero attached hydrogens (tertiary/aromatic N) is 1. The van der Waals surface area contributed by atoms with Crippen LogP contribution in [0, 0.1) is 13.8 Å². The normalized spacial score (nSPS) is 22.9. The molecule has 4 heteroatoms. The first kappa shape index (κ1) is 18.5. The lowest BCUT2D eigenvalue weighted by atomic mass is 9.81. The van der Waals surface area contributed by atoms with Crippen molar-refractivity contribution in [1.29, 1.82) is 0 Å². The molecule has 4 nitrogen and oxygen atoms in total. The smallest absolute Gasteiger partial charge is 0.126 e. The molecule has 0 aromatic heterocycles. The molecular weight excluding hydrogens is 338 g/mol. The number of benzene rings is 2. The second kappa shape index (κ2) is 7.27. The van der Waals surface area contributed by atoms with Gasteiger partial charge in [-0.3, -0.25) is 0 Å². The maximum atomic E-state index is 10.7. The molecule has 2 aliphatic rings. The summed E-state index contributed by atoms with van der Waals surface area (Å²) in [4.78, 5) is 2.30. The summed E-state index contributed by atoms with van der Waals surface area (Å²) >= 11 is 0. The molecule has 0 saturated carbocycles. The SMILES string of the molecule is Cc1cc2c(cc1C)[C@@H](O)CC1(CCN(C[C@@H](O)c3ccccc3)CC1)O2. The summed E-state index contributed by atoms with van der Waals surface area (Å²) in [6.45, 7) is 6.54. The zero-order valence-corrected chi connectivity index (χ0v) is 16.2. The van der Waals surface area contributed by atoms with Crippen LogP contribution in [0.5, 0.6) is 5.75 Å². The van der Waals surface area contributed by atoms with Crippen LogP contribution in [0.25, 0.3) is 0 Å². The van der Waals surface area contributed by atoms with Gasteiger partial charge < -0.3 is 19.8 Å². The fourth-order valence-corrected chi connectivity index (χ4v) is 4.37. The average molecular weight is 367 g/mol. The Morgan fingerprint density at radius 1 is 1.11 bits per heavy atom. The Bertz CT molecular complexity index is 797. The largest absolute Gasteiger partial charge is 0.487 e. The molecule has 27 heavy (non-hydrogen) atoms. The van der Waals surface area contributed by atoms with E-state index in [1.807, 2.05) is 30.3 Å². The predicted octanol–water partition coefficient (Wildman–Crippen LogP) is 3.69. The Morgan fingerprint density at radius 3 is 2.48 bits per heavy atom. The van der Waals surface area contributed by atoms with Crippen LogP contribution in [0.2, 0.25) is 0 Å². The quantitative estimate of drug-likeness (QED) is 0.869. The highest BCUT2D eigenvalue weighted by atomic mass is 16.5. The van der Waals surface area contributed by atoms with Gasteiger partial charge in [0.2, 0.25) is 0 Å². The lowest BCUT2D eigenvalue weighted by molar-refractivity contribution is -0.0588. The lowest BCUT2D eigenvalue weighted by Crippen LogP contribution is -2.51. The van der Waals surface area contributed by atoms with E-state index in [2.05, 4.69) is 30.9 Å². The number of aliphatic hydroxyl groups is 2. The van der Waals surface area contributed by atoms with Crippen LogP contribution in [0.3, 0.4) is 0 Å². The number of piperidine rings is 1. The molecule has 0 unspecified atom stereocenters. The Kier molecular flexibility index (Phi) is 4.97. The molecule has 4 rings (SSSR count). The molecule has 2 N–H and O–H groups in total. The highest BCUT2D eigenvalue weighted by Crippen LogP contribution is 2.45. The molecule has 1 fully saturated rings. The summed E-state index contributed by atoms with van der Waals surface area (Å²) in [7, 11) is 0. The number of aryl methyl sites for hydroxylation is 2. The highest BCUT2D eigenvalue weighted by molar-refractivity contribution is 5.45. The van der Waals surface area contributed by atoms with Crippen LogP contribution in [-0.4, -0.2) is 40.3 Å². The van der Waals surface area contributed by atoms with Crippen molar-refractivity contribution in [2.75, 3.05) is 19.6 Å². The van der Waals surface area contributed by atoms with Crippen LogP contribution < -0.4 is 4.74 Å². The fraction of sp³-hybridized carbons (Fsp3) is 0.478. The minimum absolute atomic E-state index is 0.289. The zero-order valence-electron chi connectivity index (χ0n) is 16.2. The van der Waals surface area contributed by atoms with E-state index in [9.17, 15) is 10.2 Å². The molecule has 1 spiro atoms. The number of ether oxygens (including phenoxy) is 1. The molecule has 1 saturated heterocycles. The Balaban J connectivity index is 1.42. The van der Waals surface area contributed by atoms with Crippen molar-refractivity contribution in [3.8, 4) is 5.75 Å². The first-order chi connectivity index (χ1) is 13.0. The van der Waals surface area contributed by atoms with E-state index in [4.69, 9.17) is 4.74 Å². The number of rotatable bonds is 3. The molecule has 2 aromatic rings. The van der Waals surface area contributed by atoms with Crippen LogP contribution >= 0.6 is 0 Å². The van der Waals surface area contributed by atoms with Crippen LogP contribution in [0.15, 0.2) is 42.5 Å². The third-order valence-electron chi connectivity index (χ3n) is 6.26. The first-order valence-corrected chi connectivity index (χ1v) is 9.89. The minimum atomic E-state index is -0.468. The Labute approximate surface area is 161 Å². The van der Waals surface area contributed by atoms with Crippen molar-refractivity contribution < 1.29 is 14.9 Å². The lowest BCUT2D eigenvalue weighted by Gasteiger charge is -2.46. The first-order valence-electron chi connectivity index (χ1n) is 9.89. The third kappa shape index (κ3) is 3.75. The maximum absolute atomic E-state index is 10.7. The summed E-state index contributed by atoms with van der Waals surface area (Å²) in [5, 5.41) is 21.2. The number of fused-ring (bicyclic) bond motifs is 1. The molecular formula is C23H29NO3. The van der Waals surface area contributed by atoms with Crippen LogP contribution in [0.1, 0.15) is 53.7 Å². The molecule has 144 valence electrons. The third-order valence-corrected chi connectivity index (χ3v) is 6.26. The number of likely N-dealkylation sites (tertiary alicyclic amines) is 1. The molecule has 0 amide bonds. The molecule has 0 radical (unpaired) electrons. The highest BCUT2D eigenvalue weighted by Gasteiger charge is 2.43. The van der Waals surface area contributed by atoms with Crippen LogP contribution in [0.4, 0.5) is 0 Å². The molecule has 0 bridgehead atoms. The van der Waals surface area contributed by atoms with Crippen molar-refractivity contribution in [1.82, 2.24) is 4.90 Å². The summed E-state index contributed by atoms with van der Waals surface area (Å²) in [5.74, 6) is 0.842. The summed E-state index contributed by atoms with van der Waals surface area (Å²) in [6.07, 6.45) is 1.46. The second-order valence-corrected chi connectivity index (χ2v) is 8.21. The van der Waals surface area contributed by atoms with Crippen molar-refractivity contribution in [3.05, 3.63) is 64.7 Å². The van der Waals surface area contributed by atoms with Crippen LogP contribution in [-0.2, 0) is 0 Å². The van der Waals surface area contributed by atoms with E-state index in [1.54, 1.807) is 0 Å². The van der Waals surface area contributed by atoms with Crippen molar-refractivity contribution in [3.63, 3.8) is 0 Å². The monoisotopic (exact) mass is 367 g/mol.